The minimum absolute atomic E-state index is 0.0958. The highest BCUT2D eigenvalue weighted by molar-refractivity contribution is 5.96. The van der Waals surface area contributed by atoms with Crippen molar-refractivity contribution in [3.8, 4) is 0 Å². The van der Waals surface area contributed by atoms with E-state index < -0.39 is 0 Å². The van der Waals surface area contributed by atoms with Crippen LogP contribution in [0.25, 0.3) is 0 Å². The highest BCUT2D eigenvalue weighted by Gasteiger charge is 2.33. The van der Waals surface area contributed by atoms with E-state index in [9.17, 15) is 4.79 Å². The van der Waals surface area contributed by atoms with Gasteiger partial charge < -0.3 is 5.32 Å². The first-order valence-corrected chi connectivity index (χ1v) is 8.17. The number of ketones is 1. The summed E-state index contributed by atoms with van der Waals surface area (Å²) in [5.41, 5.74) is 1.22. The summed E-state index contributed by atoms with van der Waals surface area (Å²) in [6.45, 7) is 0. The Balaban J connectivity index is 1.97. The fraction of sp³-hybridized carbons (Fsp3) is 0.824. The highest BCUT2D eigenvalue weighted by atomic mass is 16.1. The van der Waals surface area contributed by atoms with Crippen LogP contribution in [0, 0.1) is 0 Å². The van der Waals surface area contributed by atoms with Crippen LogP contribution in [0.2, 0.25) is 0 Å². The first-order valence-electron chi connectivity index (χ1n) is 8.17. The van der Waals surface area contributed by atoms with Crippen LogP contribution >= 0.6 is 0 Å². The number of carbonyl (C=O) groups is 1. The molecule has 0 amide bonds. The molecule has 1 saturated carbocycles. The van der Waals surface area contributed by atoms with Crippen molar-refractivity contribution in [2.75, 3.05) is 7.05 Å². The fourth-order valence-electron chi connectivity index (χ4n) is 3.61. The number of hydrogen-bond acceptors (Lipinski definition) is 2. The van der Waals surface area contributed by atoms with Crippen LogP contribution in [-0.2, 0) is 4.79 Å². The Kier molecular flexibility index (Phi) is 5.62. The molecule has 2 aliphatic carbocycles. The summed E-state index contributed by atoms with van der Waals surface area (Å²) in [7, 11) is 2.03. The van der Waals surface area contributed by atoms with E-state index in [0.717, 1.165) is 24.8 Å². The first kappa shape index (κ1) is 14.8. The van der Waals surface area contributed by atoms with E-state index >= 15 is 0 Å². The zero-order valence-electron chi connectivity index (χ0n) is 12.5. The Hall–Kier alpha value is -0.630. The van der Waals surface area contributed by atoms with Gasteiger partial charge in [-0.1, -0.05) is 38.2 Å². The summed E-state index contributed by atoms with van der Waals surface area (Å²) >= 11 is 0. The molecule has 108 valence electrons. The lowest BCUT2D eigenvalue weighted by atomic mass is 9.77. The van der Waals surface area contributed by atoms with E-state index in [4.69, 9.17) is 0 Å². The third-order valence-corrected chi connectivity index (χ3v) is 4.99. The molecule has 19 heavy (non-hydrogen) atoms. The largest absolute Gasteiger partial charge is 0.314 e. The topological polar surface area (TPSA) is 29.1 Å². The van der Waals surface area contributed by atoms with Crippen LogP contribution in [0.1, 0.15) is 77.0 Å². The van der Waals surface area contributed by atoms with Crippen LogP contribution in [0.15, 0.2) is 11.6 Å². The number of Topliss-reactive ketones (excluding diaryl/α,β-unsaturated/α-hetero) is 1. The van der Waals surface area contributed by atoms with Gasteiger partial charge in [-0.2, -0.15) is 0 Å². The Morgan fingerprint density at radius 2 is 1.79 bits per heavy atom. The lowest BCUT2D eigenvalue weighted by Crippen LogP contribution is -2.46. The Morgan fingerprint density at radius 1 is 1.11 bits per heavy atom. The second-order valence-electron chi connectivity index (χ2n) is 6.37. The van der Waals surface area contributed by atoms with Crippen molar-refractivity contribution in [1.29, 1.82) is 0 Å². The maximum Gasteiger partial charge on any atom is 0.160 e. The maximum atomic E-state index is 12.6. The Morgan fingerprint density at radius 3 is 2.53 bits per heavy atom. The molecule has 0 heterocycles. The standard InChI is InChI=1S/C17H29NO/c1-18-17(12-8-5-9-13-17)14-16(19)15-10-6-3-2-4-7-11-15/h10,18H,2-9,11-14H2,1H3. The molecule has 2 rings (SSSR count). The van der Waals surface area contributed by atoms with Crippen LogP contribution in [0.3, 0.4) is 0 Å². The number of hydrogen-bond donors (Lipinski definition) is 1. The lowest BCUT2D eigenvalue weighted by molar-refractivity contribution is -0.117. The minimum atomic E-state index is 0.0958. The fourth-order valence-corrected chi connectivity index (χ4v) is 3.61. The monoisotopic (exact) mass is 263 g/mol. The van der Waals surface area contributed by atoms with Crippen molar-refractivity contribution >= 4 is 5.78 Å². The molecule has 2 aliphatic rings. The molecular formula is C17H29NO. The van der Waals surface area contributed by atoms with Gasteiger partial charge in [0.2, 0.25) is 0 Å². The van der Waals surface area contributed by atoms with Gasteiger partial charge in [-0.15, -0.1) is 0 Å². The van der Waals surface area contributed by atoms with E-state index in [1.54, 1.807) is 0 Å². The van der Waals surface area contributed by atoms with Crippen molar-refractivity contribution < 1.29 is 4.79 Å². The summed E-state index contributed by atoms with van der Waals surface area (Å²) in [4.78, 5) is 12.6. The molecule has 0 atom stereocenters. The second-order valence-corrected chi connectivity index (χ2v) is 6.37. The molecule has 0 spiro atoms. The molecule has 0 aromatic carbocycles. The summed E-state index contributed by atoms with van der Waals surface area (Å²) < 4.78 is 0. The second kappa shape index (κ2) is 7.23. The van der Waals surface area contributed by atoms with Crippen molar-refractivity contribution in [2.24, 2.45) is 0 Å². The molecular weight excluding hydrogens is 234 g/mol. The average molecular weight is 263 g/mol. The van der Waals surface area contributed by atoms with Crippen molar-refractivity contribution in [3.05, 3.63) is 11.6 Å². The lowest BCUT2D eigenvalue weighted by Gasteiger charge is -2.37. The number of carbonyl (C=O) groups excluding carboxylic acids is 1. The summed E-state index contributed by atoms with van der Waals surface area (Å²) in [6.07, 6.45) is 16.4. The van der Waals surface area contributed by atoms with Crippen LogP contribution in [-0.4, -0.2) is 18.4 Å². The van der Waals surface area contributed by atoms with Gasteiger partial charge >= 0.3 is 0 Å². The van der Waals surface area contributed by atoms with E-state index in [1.807, 2.05) is 7.05 Å². The first-order chi connectivity index (χ1) is 9.26. The highest BCUT2D eigenvalue weighted by Crippen LogP contribution is 2.32. The van der Waals surface area contributed by atoms with E-state index in [1.165, 1.54) is 57.8 Å². The molecule has 1 fully saturated rings. The summed E-state index contributed by atoms with van der Waals surface area (Å²) in [5.74, 6) is 0.415. The van der Waals surface area contributed by atoms with E-state index in [0.29, 0.717) is 5.78 Å². The predicted octanol–water partition coefficient (Wildman–Crippen LogP) is 4.15. The van der Waals surface area contributed by atoms with Gasteiger partial charge in [0.15, 0.2) is 5.78 Å². The molecule has 0 aromatic heterocycles. The molecule has 0 aliphatic heterocycles. The quantitative estimate of drug-likeness (QED) is 0.825. The minimum Gasteiger partial charge on any atom is -0.314 e. The molecule has 2 nitrogen and oxygen atoms in total. The van der Waals surface area contributed by atoms with Crippen LogP contribution in [0.4, 0.5) is 0 Å². The summed E-state index contributed by atoms with van der Waals surface area (Å²) in [5, 5.41) is 3.47. The van der Waals surface area contributed by atoms with Crippen LogP contribution < -0.4 is 5.32 Å². The average Bonchev–Trinajstić information content (AvgIpc) is 2.39. The van der Waals surface area contributed by atoms with Gasteiger partial charge in [-0.3, -0.25) is 4.79 Å². The van der Waals surface area contributed by atoms with Crippen molar-refractivity contribution in [3.63, 3.8) is 0 Å². The number of rotatable bonds is 4. The zero-order chi connectivity index (χ0) is 13.6. The van der Waals surface area contributed by atoms with Gasteiger partial charge in [0, 0.05) is 12.0 Å². The molecule has 0 bridgehead atoms. The van der Waals surface area contributed by atoms with Gasteiger partial charge in [0.05, 0.1) is 0 Å². The van der Waals surface area contributed by atoms with Gasteiger partial charge in [-0.25, -0.2) is 0 Å². The maximum absolute atomic E-state index is 12.6. The third-order valence-electron chi connectivity index (χ3n) is 4.99. The van der Waals surface area contributed by atoms with E-state index in [-0.39, 0.29) is 5.54 Å². The molecule has 0 radical (unpaired) electrons. The molecule has 1 N–H and O–H groups in total. The van der Waals surface area contributed by atoms with Crippen molar-refractivity contribution in [2.45, 2.75) is 82.6 Å². The Labute approximate surface area is 118 Å². The number of nitrogens with one attached hydrogen (secondary N) is 1. The smallest absolute Gasteiger partial charge is 0.160 e. The molecule has 0 aromatic rings. The van der Waals surface area contributed by atoms with Crippen molar-refractivity contribution in [1.82, 2.24) is 5.32 Å². The molecule has 2 heteroatoms. The van der Waals surface area contributed by atoms with Gasteiger partial charge in [0.25, 0.3) is 0 Å². The van der Waals surface area contributed by atoms with Gasteiger partial charge in [0.1, 0.15) is 0 Å². The van der Waals surface area contributed by atoms with E-state index in [2.05, 4.69) is 11.4 Å². The molecule has 0 unspecified atom stereocenters. The zero-order valence-corrected chi connectivity index (χ0v) is 12.5. The number of allylic oxidation sites excluding steroid dienone is 2. The third kappa shape index (κ3) is 4.17. The molecule has 0 saturated heterocycles. The SMILES string of the molecule is CNC1(CC(=O)C2=CCCCCCC2)CCCCC1. The van der Waals surface area contributed by atoms with Gasteiger partial charge in [-0.05, 0) is 51.1 Å². The van der Waals surface area contributed by atoms with Crippen LogP contribution in [0.5, 0.6) is 0 Å². The normalized spacial score (nSPS) is 24.2. The Bertz CT molecular complexity index is 326. The predicted molar refractivity (Wildman–Crippen MR) is 80.3 cm³/mol. The summed E-state index contributed by atoms with van der Waals surface area (Å²) in [6, 6.07) is 0.